The van der Waals surface area contributed by atoms with Crippen molar-refractivity contribution in [3.05, 3.63) is 58.5 Å². The van der Waals surface area contributed by atoms with Gasteiger partial charge in [-0.2, -0.15) is 0 Å². The standard InChI is InChI=1S/C17H16N2O7/c1-11(26-16(20)8-6-13-4-3-9-25-13)17(21)18-14-7-5-12(19(22)23)10-15(14)24-2/h3-11H,1-2H3,(H,18,21)/b8-6+/t11-/m1/s1. The quantitative estimate of drug-likeness (QED) is 0.349. The summed E-state index contributed by atoms with van der Waals surface area (Å²) in [5, 5.41) is 13.3. The normalized spacial score (nSPS) is 11.8. The Morgan fingerprint density at radius 2 is 2.12 bits per heavy atom. The SMILES string of the molecule is COc1cc([N+](=O)[O-])ccc1NC(=O)[C@@H](C)OC(=O)/C=C/c1ccco1. The van der Waals surface area contributed by atoms with Crippen LogP contribution in [0, 0.1) is 10.1 Å². The number of furan rings is 1. The fourth-order valence-electron chi connectivity index (χ4n) is 1.93. The smallest absolute Gasteiger partial charge is 0.331 e. The number of amides is 1. The van der Waals surface area contributed by atoms with Crippen LogP contribution in [0.25, 0.3) is 6.08 Å². The van der Waals surface area contributed by atoms with E-state index in [-0.39, 0.29) is 17.1 Å². The maximum atomic E-state index is 12.1. The predicted octanol–water partition coefficient (Wildman–Crippen LogP) is 2.78. The zero-order valence-electron chi connectivity index (χ0n) is 14.0. The Labute approximate surface area is 148 Å². The van der Waals surface area contributed by atoms with Crippen LogP contribution in [0.2, 0.25) is 0 Å². The maximum absolute atomic E-state index is 12.1. The molecule has 0 spiro atoms. The van der Waals surface area contributed by atoms with Crippen molar-refractivity contribution >= 4 is 29.3 Å². The molecule has 0 aliphatic carbocycles. The van der Waals surface area contributed by atoms with Gasteiger partial charge in [0.15, 0.2) is 6.10 Å². The summed E-state index contributed by atoms with van der Waals surface area (Å²) in [5.74, 6) is -0.755. The molecular formula is C17H16N2O7. The zero-order valence-corrected chi connectivity index (χ0v) is 14.0. The van der Waals surface area contributed by atoms with E-state index in [0.29, 0.717) is 5.76 Å². The van der Waals surface area contributed by atoms with E-state index in [4.69, 9.17) is 13.9 Å². The van der Waals surface area contributed by atoms with Crippen molar-refractivity contribution in [3.8, 4) is 5.75 Å². The van der Waals surface area contributed by atoms with Crippen LogP contribution in [0.1, 0.15) is 12.7 Å². The Kier molecular flexibility index (Phi) is 6.10. The number of ether oxygens (including phenoxy) is 2. The first-order chi connectivity index (χ1) is 12.4. The molecule has 1 aromatic carbocycles. The van der Waals surface area contributed by atoms with Gasteiger partial charge in [-0.1, -0.05) is 0 Å². The number of carbonyl (C=O) groups excluding carboxylic acids is 2. The van der Waals surface area contributed by atoms with Gasteiger partial charge in [-0.15, -0.1) is 0 Å². The number of nitro groups is 1. The second-order valence-corrected chi connectivity index (χ2v) is 5.06. The number of benzene rings is 1. The zero-order chi connectivity index (χ0) is 19.1. The first kappa shape index (κ1) is 18.7. The number of nitrogens with one attached hydrogen (secondary N) is 1. The van der Waals surface area contributed by atoms with E-state index in [0.717, 1.165) is 6.08 Å². The highest BCUT2D eigenvalue weighted by Gasteiger charge is 2.19. The van der Waals surface area contributed by atoms with Gasteiger partial charge in [0, 0.05) is 12.1 Å². The van der Waals surface area contributed by atoms with Crippen LogP contribution in [-0.2, 0) is 14.3 Å². The average molecular weight is 360 g/mol. The van der Waals surface area contributed by atoms with Crippen LogP contribution >= 0.6 is 0 Å². The fraction of sp³-hybridized carbons (Fsp3) is 0.176. The van der Waals surface area contributed by atoms with Crippen molar-refractivity contribution < 1.29 is 28.4 Å². The molecule has 0 saturated carbocycles. The fourth-order valence-corrected chi connectivity index (χ4v) is 1.93. The minimum absolute atomic E-state index is 0.115. The van der Waals surface area contributed by atoms with Gasteiger partial charge in [0.25, 0.3) is 11.6 Å². The molecule has 0 fully saturated rings. The van der Waals surface area contributed by atoms with Gasteiger partial charge < -0.3 is 19.2 Å². The van der Waals surface area contributed by atoms with Gasteiger partial charge in [0.1, 0.15) is 11.5 Å². The van der Waals surface area contributed by atoms with Gasteiger partial charge in [-0.05, 0) is 31.2 Å². The number of hydrogen-bond acceptors (Lipinski definition) is 7. The Morgan fingerprint density at radius 1 is 1.35 bits per heavy atom. The van der Waals surface area contributed by atoms with E-state index in [9.17, 15) is 19.7 Å². The molecule has 0 aliphatic heterocycles. The number of anilines is 1. The van der Waals surface area contributed by atoms with Crippen LogP contribution < -0.4 is 10.1 Å². The van der Waals surface area contributed by atoms with E-state index in [1.165, 1.54) is 44.6 Å². The molecule has 1 heterocycles. The molecule has 1 atom stereocenters. The van der Waals surface area contributed by atoms with Crippen molar-refractivity contribution in [2.75, 3.05) is 12.4 Å². The highest BCUT2D eigenvalue weighted by atomic mass is 16.6. The number of esters is 1. The van der Waals surface area contributed by atoms with Crippen molar-refractivity contribution in [2.24, 2.45) is 0 Å². The molecule has 26 heavy (non-hydrogen) atoms. The second kappa shape index (κ2) is 8.47. The third-order valence-electron chi connectivity index (χ3n) is 3.24. The molecule has 0 bridgehead atoms. The average Bonchev–Trinajstić information content (AvgIpc) is 3.13. The third-order valence-corrected chi connectivity index (χ3v) is 3.24. The first-order valence-electron chi connectivity index (χ1n) is 7.46. The van der Waals surface area contributed by atoms with Crippen molar-refractivity contribution in [2.45, 2.75) is 13.0 Å². The predicted molar refractivity (Wildman–Crippen MR) is 91.6 cm³/mol. The molecule has 2 rings (SSSR count). The van der Waals surface area contributed by atoms with Gasteiger partial charge in [-0.25, -0.2) is 4.79 Å². The first-order valence-corrected chi connectivity index (χ1v) is 7.46. The lowest BCUT2D eigenvalue weighted by Crippen LogP contribution is -2.29. The lowest BCUT2D eigenvalue weighted by atomic mass is 10.2. The molecule has 9 heteroatoms. The summed E-state index contributed by atoms with van der Waals surface area (Å²) < 4.78 is 15.1. The van der Waals surface area contributed by atoms with Gasteiger partial charge in [0.05, 0.1) is 30.1 Å². The topological polar surface area (TPSA) is 121 Å². The molecule has 0 saturated heterocycles. The van der Waals surface area contributed by atoms with Crippen LogP contribution in [0.5, 0.6) is 5.75 Å². The summed E-state index contributed by atoms with van der Waals surface area (Å²) in [6, 6.07) is 7.05. The highest BCUT2D eigenvalue weighted by Crippen LogP contribution is 2.29. The van der Waals surface area contributed by atoms with Crippen molar-refractivity contribution in [3.63, 3.8) is 0 Å². The Morgan fingerprint density at radius 3 is 2.73 bits per heavy atom. The molecule has 1 amide bonds. The Hall–Kier alpha value is -3.62. The summed E-state index contributed by atoms with van der Waals surface area (Å²) in [5.41, 5.74) is 0.0412. The molecule has 0 aliphatic rings. The molecule has 1 N–H and O–H groups in total. The van der Waals surface area contributed by atoms with E-state index >= 15 is 0 Å². The van der Waals surface area contributed by atoms with Gasteiger partial charge in [0.2, 0.25) is 0 Å². The molecular weight excluding hydrogens is 344 g/mol. The number of hydrogen-bond donors (Lipinski definition) is 1. The molecule has 2 aromatic rings. The summed E-state index contributed by atoms with van der Waals surface area (Å²) in [6.07, 6.45) is 2.91. The van der Waals surface area contributed by atoms with E-state index < -0.39 is 22.9 Å². The lowest BCUT2D eigenvalue weighted by Gasteiger charge is -2.14. The molecule has 136 valence electrons. The Bertz CT molecular complexity index is 828. The van der Waals surface area contributed by atoms with Gasteiger partial charge >= 0.3 is 5.97 Å². The van der Waals surface area contributed by atoms with Crippen LogP contribution in [-0.4, -0.2) is 30.0 Å². The summed E-state index contributed by atoms with van der Waals surface area (Å²) >= 11 is 0. The number of non-ortho nitro benzene ring substituents is 1. The maximum Gasteiger partial charge on any atom is 0.331 e. The lowest BCUT2D eigenvalue weighted by molar-refractivity contribution is -0.384. The summed E-state index contributed by atoms with van der Waals surface area (Å²) in [6.45, 7) is 1.39. The van der Waals surface area contributed by atoms with Crippen molar-refractivity contribution in [1.29, 1.82) is 0 Å². The largest absolute Gasteiger partial charge is 0.494 e. The minimum atomic E-state index is -1.09. The van der Waals surface area contributed by atoms with Gasteiger partial charge in [-0.3, -0.25) is 14.9 Å². The second-order valence-electron chi connectivity index (χ2n) is 5.06. The Balaban J connectivity index is 1.98. The third kappa shape index (κ3) is 4.94. The van der Waals surface area contributed by atoms with Crippen LogP contribution in [0.4, 0.5) is 11.4 Å². The number of nitrogens with zero attached hydrogens (tertiary/aromatic N) is 1. The molecule has 9 nitrogen and oxygen atoms in total. The van der Waals surface area contributed by atoms with E-state index in [1.807, 2.05) is 0 Å². The van der Waals surface area contributed by atoms with Crippen LogP contribution in [0.15, 0.2) is 47.1 Å². The monoisotopic (exact) mass is 360 g/mol. The number of methoxy groups -OCH3 is 1. The van der Waals surface area contributed by atoms with E-state index in [2.05, 4.69) is 5.32 Å². The molecule has 1 aromatic heterocycles. The number of carbonyl (C=O) groups is 2. The minimum Gasteiger partial charge on any atom is -0.494 e. The summed E-state index contributed by atoms with van der Waals surface area (Å²) in [4.78, 5) is 34.1. The van der Waals surface area contributed by atoms with E-state index in [1.54, 1.807) is 12.1 Å². The molecule has 0 unspecified atom stereocenters. The highest BCUT2D eigenvalue weighted by molar-refractivity contribution is 5.97. The molecule has 0 radical (unpaired) electrons. The number of nitro benzene ring substituents is 1. The van der Waals surface area contributed by atoms with Crippen molar-refractivity contribution in [1.82, 2.24) is 0 Å². The van der Waals surface area contributed by atoms with Crippen LogP contribution in [0.3, 0.4) is 0 Å². The number of rotatable bonds is 7. The summed E-state index contributed by atoms with van der Waals surface area (Å²) in [7, 11) is 1.32.